The van der Waals surface area contributed by atoms with Crippen LogP contribution in [0.3, 0.4) is 0 Å². The fourth-order valence-electron chi connectivity index (χ4n) is 5.25. The van der Waals surface area contributed by atoms with Gasteiger partial charge in [-0.25, -0.2) is 18.2 Å². The maximum absolute atomic E-state index is 15.8. The van der Waals surface area contributed by atoms with E-state index in [1.807, 2.05) is 29.6 Å². The van der Waals surface area contributed by atoms with Crippen molar-refractivity contribution in [2.24, 2.45) is 14.1 Å². The Hall–Kier alpha value is -4.12. The third kappa shape index (κ3) is 4.97. The number of carbonyl (C=O) groups excluding carboxylic acids is 1. The molecule has 0 aliphatic carbocycles. The number of carbonyl (C=O) groups is 1. The number of benzene rings is 2. The molecule has 8 nitrogen and oxygen atoms in total. The van der Waals surface area contributed by atoms with Gasteiger partial charge in [0.05, 0.1) is 34.3 Å². The lowest BCUT2D eigenvalue weighted by Crippen LogP contribution is -2.55. The number of amides is 1. The Morgan fingerprint density at radius 1 is 1.02 bits per heavy atom. The number of pyridine rings is 1. The summed E-state index contributed by atoms with van der Waals surface area (Å²) < 4.78 is 46.3. The zero-order chi connectivity index (χ0) is 28.9. The third-order valence-corrected chi connectivity index (χ3v) is 7.81. The summed E-state index contributed by atoms with van der Waals surface area (Å²) in [6.45, 7) is 5.27. The molecular formula is C29H31F3N6O2. The van der Waals surface area contributed by atoms with Gasteiger partial charge in [-0.1, -0.05) is 6.07 Å². The topological polar surface area (TPSA) is 75.4 Å². The highest BCUT2D eigenvalue weighted by Gasteiger charge is 2.30. The number of nitrogens with one attached hydrogen (secondary N) is 1. The van der Waals surface area contributed by atoms with Crippen molar-refractivity contribution in [1.29, 1.82) is 0 Å². The van der Waals surface area contributed by atoms with Crippen LogP contribution in [0.2, 0.25) is 0 Å². The van der Waals surface area contributed by atoms with Crippen molar-refractivity contribution in [3.05, 3.63) is 76.2 Å². The summed E-state index contributed by atoms with van der Waals surface area (Å²) in [5.74, 6) is -1.31. The molecule has 0 spiro atoms. The van der Waals surface area contributed by atoms with Crippen molar-refractivity contribution in [2.75, 3.05) is 30.4 Å². The van der Waals surface area contributed by atoms with E-state index in [0.29, 0.717) is 29.9 Å². The highest BCUT2D eigenvalue weighted by Crippen LogP contribution is 2.37. The lowest BCUT2D eigenvalue weighted by molar-refractivity contribution is 0.101. The maximum atomic E-state index is 15.8. The van der Waals surface area contributed by atoms with Crippen molar-refractivity contribution in [3.63, 3.8) is 0 Å². The van der Waals surface area contributed by atoms with Gasteiger partial charge < -0.3 is 19.4 Å². The van der Waals surface area contributed by atoms with Crippen LogP contribution in [-0.2, 0) is 14.1 Å². The first-order valence-electron chi connectivity index (χ1n) is 13.0. The molecule has 210 valence electrons. The number of nitrogens with zero attached hydrogens (tertiary/aromatic N) is 5. The van der Waals surface area contributed by atoms with Gasteiger partial charge in [0, 0.05) is 62.7 Å². The molecule has 1 aliphatic rings. The van der Waals surface area contributed by atoms with E-state index in [9.17, 15) is 18.4 Å². The minimum Gasteiger partial charge on any atom is -0.367 e. The summed E-state index contributed by atoms with van der Waals surface area (Å²) >= 11 is 0. The molecule has 1 fully saturated rings. The van der Waals surface area contributed by atoms with Crippen LogP contribution < -0.4 is 15.8 Å². The van der Waals surface area contributed by atoms with E-state index in [1.165, 1.54) is 19.2 Å². The fraction of sp³-hybridized carbons (Fsp3) is 0.345. The summed E-state index contributed by atoms with van der Waals surface area (Å²) in [6, 6.07) is 9.36. The molecule has 5 rings (SSSR count). The first kappa shape index (κ1) is 27.4. The van der Waals surface area contributed by atoms with Gasteiger partial charge in [0.1, 0.15) is 5.82 Å². The van der Waals surface area contributed by atoms with Crippen LogP contribution in [0.5, 0.6) is 0 Å². The van der Waals surface area contributed by atoms with Crippen molar-refractivity contribution in [2.45, 2.75) is 32.4 Å². The van der Waals surface area contributed by atoms with Crippen molar-refractivity contribution in [1.82, 2.24) is 19.0 Å². The molecular weight excluding hydrogens is 521 g/mol. The lowest BCUT2D eigenvalue weighted by atomic mass is 10.0. The van der Waals surface area contributed by atoms with E-state index in [0.717, 1.165) is 22.3 Å². The number of hydrogen-bond donors (Lipinski definition) is 1. The van der Waals surface area contributed by atoms with Crippen LogP contribution in [0.1, 0.15) is 36.2 Å². The predicted octanol–water partition coefficient (Wildman–Crippen LogP) is 4.80. The van der Waals surface area contributed by atoms with E-state index < -0.39 is 29.3 Å². The van der Waals surface area contributed by atoms with Gasteiger partial charge in [0.25, 0.3) is 17.9 Å². The molecule has 2 aromatic carbocycles. The number of likely N-dealkylation sites (N-methyl/N-ethyl adjacent to an activating group) is 1. The summed E-state index contributed by atoms with van der Waals surface area (Å²) in [7, 11) is 5.28. The fourth-order valence-corrected chi connectivity index (χ4v) is 5.25. The molecule has 3 heterocycles. The number of rotatable bonds is 5. The minimum absolute atomic E-state index is 0.149. The van der Waals surface area contributed by atoms with E-state index >= 15 is 4.39 Å². The van der Waals surface area contributed by atoms with Gasteiger partial charge in [-0.3, -0.25) is 14.5 Å². The number of halogens is 3. The maximum Gasteiger partial charge on any atom is 0.264 e. The number of alkyl halides is 2. The molecule has 40 heavy (non-hydrogen) atoms. The summed E-state index contributed by atoms with van der Waals surface area (Å²) in [6.07, 6.45) is -0.260. The Bertz CT molecular complexity index is 1650. The van der Waals surface area contributed by atoms with Gasteiger partial charge in [0.2, 0.25) is 0 Å². The van der Waals surface area contributed by atoms with Crippen LogP contribution in [-0.4, -0.2) is 57.1 Å². The van der Waals surface area contributed by atoms with Crippen LogP contribution in [0.25, 0.3) is 22.2 Å². The Labute approximate surface area is 229 Å². The molecule has 1 N–H and O–H groups in total. The number of hydrogen-bond acceptors (Lipinski definition) is 5. The average Bonchev–Trinajstić information content (AvgIpc) is 3.28. The van der Waals surface area contributed by atoms with Crippen molar-refractivity contribution in [3.8, 4) is 11.1 Å². The zero-order valence-electron chi connectivity index (χ0n) is 23.0. The molecule has 2 aromatic heterocycles. The second-order valence-electron chi connectivity index (χ2n) is 10.5. The molecule has 2 atom stereocenters. The standard InChI is InChI=1S/C29H31F3N6O2/c1-16-12-38(13-17(2)37(16)5)26-11-22(30)19(18-6-7-25-23(8-18)33-15-36(25)4)9-24(26)34-29(40)21-14-35(3)27(39)10-20(21)28(31)32/h6-11,14-17,28H,12-13H2,1-5H3,(H,34,40). The van der Waals surface area contributed by atoms with Crippen molar-refractivity contribution < 1.29 is 18.0 Å². The van der Waals surface area contributed by atoms with Crippen LogP contribution in [0, 0.1) is 5.82 Å². The Morgan fingerprint density at radius 3 is 2.40 bits per heavy atom. The smallest absolute Gasteiger partial charge is 0.264 e. The predicted molar refractivity (Wildman–Crippen MR) is 150 cm³/mol. The van der Waals surface area contributed by atoms with Gasteiger partial charge >= 0.3 is 0 Å². The molecule has 0 bridgehead atoms. The number of anilines is 2. The molecule has 0 radical (unpaired) electrons. The Balaban J connectivity index is 1.62. The molecule has 11 heteroatoms. The van der Waals surface area contributed by atoms with E-state index in [1.54, 1.807) is 18.5 Å². The average molecular weight is 553 g/mol. The molecule has 1 aliphatic heterocycles. The molecule has 4 aromatic rings. The van der Waals surface area contributed by atoms with Crippen LogP contribution >= 0.6 is 0 Å². The van der Waals surface area contributed by atoms with E-state index in [4.69, 9.17) is 0 Å². The van der Waals surface area contributed by atoms with Crippen LogP contribution in [0.4, 0.5) is 24.5 Å². The first-order chi connectivity index (χ1) is 18.9. The monoisotopic (exact) mass is 552 g/mol. The largest absolute Gasteiger partial charge is 0.367 e. The van der Waals surface area contributed by atoms with Gasteiger partial charge in [-0.2, -0.15) is 0 Å². The second kappa shape index (κ2) is 10.5. The highest BCUT2D eigenvalue weighted by atomic mass is 19.3. The number of fused-ring (bicyclic) bond motifs is 1. The number of aryl methyl sites for hydroxylation is 2. The van der Waals surface area contributed by atoms with E-state index in [-0.39, 0.29) is 28.9 Å². The number of piperazine rings is 1. The highest BCUT2D eigenvalue weighted by molar-refractivity contribution is 6.07. The number of imidazole rings is 1. The summed E-state index contributed by atoms with van der Waals surface area (Å²) in [5, 5.41) is 2.76. The van der Waals surface area contributed by atoms with Crippen LogP contribution in [0.15, 0.2) is 53.7 Å². The lowest BCUT2D eigenvalue weighted by Gasteiger charge is -2.44. The molecule has 1 amide bonds. The normalized spacial score (nSPS) is 18.1. The third-order valence-electron chi connectivity index (χ3n) is 7.81. The molecule has 0 saturated carbocycles. The molecule has 2 unspecified atom stereocenters. The Morgan fingerprint density at radius 2 is 1.73 bits per heavy atom. The quantitative estimate of drug-likeness (QED) is 0.385. The number of aromatic nitrogens is 3. The van der Waals surface area contributed by atoms with E-state index in [2.05, 4.69) is 29.0 Å². The zero-order valence-corrected chi connectivity index (χ0v) is 23.0. The Kier molecular flexibility index (Phi) is 7.17. The minimum atomic E-state index is -3.03. The van der Waals surface area contributed by atoms with Crippen molar-refractivity contribution >= 4 is 28.3 Å². The SMILES string of the molecule is CC1CN(c2cc(F)c(-c3ccc4c(c3)ncn4C)cc2NC(=O)c2cn(C)c(=O)cc2C(F)F)CC(C)N1C. The molecule has 1 saturated heterocycles. The summed E-state index contributed by atoms with van der Waals surface area (Å²) in [5.41, 5.74) is 1.44. The first-order valence-corrected chi connectivity index (χ1v) is 13.0. The summed E-state index contributed by atoms with van der Waals surface area (Å²) in [4.78, 5) is 34.0. The second-order valence-corrected chi connectivity index (χ2v) is 10.5. The van der Waals surface area contributed by atoms with Gasteiger partial charge in [-0.05, 0) is 50.7 Å². The van der Waals surface area contributed by atoms with Gasteiger partial charge in [-0.15, -0.1) is 0 Å². The van der Waals surface area contributed by atoms with Gasteiger partial charge in [0.15, 0.2) is 0 Å².